The van der Waals surface area contributed by atoms with Crippen molar-refractivity contribution in [1.29, 1.82) is 5.26 Å². The van der Waals surface area contributed by atoms with E-state index in [9.17, 15) is 4.79 Å². The Bertz CT molecular complexity index is 429. The van der Waals surface area contributed by atoms with Crippen LogP contribution in [0.5, 0.6) is 0 Å². The lowest BCUT2D eigenvalue weighted by Crippen LogP contribution is -2.11. The van der Waals surface area contributed by atoms with Crippen LogP contribution in [0.1, 0.15) is 18.2 Å². The van der Waals surface area contributed by atoms with Crippen LogP contribution in [0, 0.1) is 11.3 Å². The highest BCUT2D eigenvalue weighted by Gasteiger charge is 2.11. The van der Waals surface area contributed by atoms with Crippen molar-refractivity contribution in [3.8, 4) is 6.07 Å². The molecule has 0 unspecified atom stereocenters. The van der Waals surface area contributed by atoms with E-state index in [0.29, 0.717) is 23.0 Å². The molecule has 0 aliphatic carbocycles. The minimum atomic E-state index is -0.384. The molecule has 1 aromatic rings. The fraction of sp³-hybridized carbons (Fsp3) is 0.400. The van der Waals surface area contributed by atoms with Crippen molar-refractivity contribution in [2.45, 2.75) is 18.5 Å². The van der Waals surface area contributed by atoms with Crippen molar-refractivity contribution in [1.82, 2.24) is 9.97 Å². The van der Waals surface area contributed by atoms with Crippen LogP contribution in [0.3, 0.4) is 0 Å². The first-order chi connectivity index (χ1) is 7.71. The van der Waals surface area contributed by atoms with Crippen molar-refractivity contribution in [2.75, 3.05) is 12.9 Å². The standard InChI is InChI=1S/C10H11N3O2S/c1-3-15-9(14)4-8-7(5-11)6-12-10(13-8)16-2/h6H,3-4H2,1-2H3. The van der Waals surface area contributed by atoms with Crippen LogP contribution in [0.15, 0.2) is 11.4 Å². The molecule has 0 atom stereocenters. The predicted octanol–water partition coefficient (Wildman–Crippen LogP) is 1.18. The monoisotopic (exact) mass is 237 g/mol. The molecule has 1 heterocycles. The number of hydrogen-bond acceptors (Lipinski definition) is 6. The zero-order chi connectivity index (χ0) is 12.0. The second-order valence-electron chi connectivity index (χ2n) is 2.81. The lowest BCUT2D eigenvalue weighted by molar-refractivity contribution is -0.142. The maximum Gasteiger partial charge on any atom is 0.311 e. The first-order valence-corrected chi connectivity index (χ1v) is 5.89. The highest BCUT2D eigenvalue weighted by atomic mass is 32.2. The third kappa shape index (κ3) is 3.21. The molecule has 0 N–H and O–H groups in total. The van der Waals surface area contributed by atoms with E-state index >= 15 is 0 Å². The molecule has 0 radical (unpaired) electrons. The molecular weight excluding hydrogens is 226 g/mol. The van der Waals surface area contributed by atoms with E-state index in [-0.39, 0.29) is 12.4 Å². The maximum atomic E-state index is 11.3. The molecule has 0 spiro atoms. The Morgan fingerprint density at radius 2 is 2.44 bits per heavy atom. The Balaban J connectivity index is 2.92. The number of carbonyl (C=O) groups is 1. The molecule has 0 amide bonds. The van der Waals surface area contributed by atoms with Gasteiger partial charge in [0.25, 0.3) is 0 Å². The van der Waals surface area contributed by atoms with Crippen LogP contribution >= 0.6 is 11.8 Å². The van der Waals surface area contributed by atoms with Gasteiger partial charge in [-0.1, -0.05) is 11.8 Å². The summed E-state index contributed by atoms with van der Waals surface area (Å²) in [6.45, 7) is 2.05. The van der Waals surface area contributed by atoms with E-state index in [1.54, 1.807) is 6.92 Å². The zero-order valence-corrected chi connectivity index (χ0v) is 9.87. The molecule has 0 aliphatic rings. The fourth-order valence-electron chi connectivity index (χ4n) is 1.07. The highest BCUT2D eigenvalue weighted by Crippen LogP contribution is 2.12. The average Bonchev–Trinajstić information content (AvgIpc) is 2.29. The summed E-state index contributed by atoms with van der Waals surface area (Å²) >= 11 is 1.36. The molecule has 0 fully saturated rings. The van der Waals surface area contributed by atoms with Gasteiger partial charge in [0.15, 0.2) is 5.16 Å². The molecule has 0 saturated heterocycles. The van der Waals surface area contributed by atoms with Crippen LogP contribution in [0.25, 0.3) is 0 Å². The zero-order valence-electron chi connectivity index (χ0n) is 9.06. The molecule has 5 nitrogen and oxygen atoms in total. The van der Waals surface area contributed by atoms with Gasteiger partial charge in [0.2, 0.25) is 0 Å². The fourth-order valence-corrected chi connectivity index (χ4v) is 1.43. The highest BCUT2D eigenvalue weighted by molar-refractivity contribution is 7.98. The van der Waals surface area contributed by atoms with E-state index in [1.807, 2.05) is 12.3 Å². The quantitative estimate of drug-likeness (QED) is 0.444. The summed E-state index contributed by atoms with van der Waals surface area (Å²) in [6.07, 6.45) is 3.26. The first-order valence-electron chi connectivity index (χ1n) is 4.66. The van der Waals surface area contributed by atoms with Crippen molar-refractivity contribution >= 4 is 17.7 Å². The lowest BCUT2D eigenvalue weighted by atomic mass is 10.2. The molecule has 6 heteroatoms. The largest absolute Gasteiger partial charge is 0.466 e. The van der Waals surface area contributed by atoms with E-state index in [1.165, 1.54) is 18.0 Å². The van der Waals surface area contributed by atoms with Gasteiger partial charge in [-0.2, -0.15) is 5.26 Å². The van der Waals surface area contributed by atoms with Crippen LogP contribution in [0.2, 0.25) is 0 Å². The third-order valence-electron chi connectivity index (χ3n) is 1.77. The van der Waals surface area contributed by atoms with E-state index in [2.05, 4.69) is 9.97 Å². The Hall–Kier alpha value is -1.61. The van der Waals surface area contributed by atoms with Crippen LogP contribution in [-0.4, -0.2) is 28.8 Å². The van der Waals surface area contributed by atoms with E-state index < -0.39 is 0 Å². The number of nitriles is 1. The first kappa shape index (κ1) is 12.5. The van der Waals surface area contributed by atoms with Crippen molar-refractivity contribution in [2.24, 2.45) is 0 Å². The summed E-state index contributed by atoms with van der Waals surface area (Å²) in [5.74, 6) is -0.384. The summed E-state index contributed by atoms with van der Waals surface area (Å²) in [5.41, 5.74) is 0.728. The molecule has 84 valence electrons. The van der Waals surface area contributed by atoms with Crippen LogP contribution in [-0.2, 0) is 16.0 Å². The van der Waals surface area contributed by atoms with Crippen molar-refractivity contribution < 1.29 is 9.53 Å². The summed E-state index contributed by atoms with van der Waals surface area (Å²) in [4.78, 5) is 19.4. The molecular formula is C10H11N3O2S. The van der Waals surface area contributed by atoms with Gasteiger partial charge in [0.05, 0.1) is 24.3 Å². The normalized spacial score (nSPS) is 9.56. The van der Waals surface area contributed by atoms with Gasteiger partial charge < -0.3 is 4.74 Å². The smallest absolute Gasteiger partial charge is 0.311 e. The van der Waals surface area contributed by atoms with E-state index in [0.717, 1.165) is 0 Å². The number of rotatable bonds is 4. The minimum absolute atomic E-state index is 0.00676. The van der Waals surface area contributed by atoms with Gasteiger partial charge in [-0.3, -0.25) is 4.79 Å². The number of carbonyl (C=O) groups excluding carboxylic acids is 1. The number of hydrogen-bond donors (Lipinski definition) is 0. The number of ether oxygens (including phenoxy) is 1. The summed E-state index contributed by atoms with van der Waals surface area (Å²) in [5, 5.41) is 9.38. The van der Waals surface area contributed by atoms with Gasteiger partial charge in [-0.25, -0.2) is 9.97 Å². The second kappa shape index (κ2) is 6.08. The average molecular weight is 237 g/mol. The van der Waals surface area contributed by atoms with Crippen LogP contribution in [0.4, 0.5) is 0 Å². The van der Waals surface area contributed by atoms with E-state index in [4.69, 9.17) is 10.00 Å². The lowest BCUT2D eigenvalue weighted by Gasteiger charge is -2.04. The molecule has 1 rings (SSSR count). The van der Waals surface area contributed by atoms with Gasteiger partial charge in [0.1, 0.15) is 6.07 Å². The Labute approximate surface area is 97.9 Å². The molecule has 1 aromatic heterocycles. The number of nitrogens with zero attached hydrogens (tertiary/aromatic N) is 3. The molecule has 0 aliphatic heterocycles. The summed E-state index contributed by atoms with van der Waals surface area (Å²) in [7, 11) is 0. The molecule has 0 saturated carbocycles. The predicted molar refractivity (Wildman–Crippen MR) is 58.9 cm³/mol. The third-order valence-corrected chi connectivity index (χ3v) is 2.33. The number of esters is 1. The second-order valence-corrected chi connectivity index (χ2v) is 3.58. The van der Waals surface area contributed by atoms with Crippen molar-refractivity contribution in [3.63, 3.8) is 0 Å². The Morgan fingerprint density at radius 3 is 3.00 bits per heavy atom. The van der Waals surface area contributed by atoms with Gasteiger partial charge in [0, 0.05) is 6.20 Å². The van der Waals surface area contributed by atoms with Crippen molar-refractivity contribution in [3.05, 3.63) is 17.5 Å². The van der Waals surface area contributed by atoms with Gasteiger partial charge >= 0.3 is 5.97 Å². The molecule has 0 aromatic carbocycles. The number of aromatic nitrogens is 2. The molecule has 0 bridgehead atoms. The minimum Gasteiger partial charge on any atom is -0.466 e. The van der Waals surface area contributed by atoms with Gasteiger partial charge in [-0.15, -0.1) is 0 Å². The SMILES string of the molecule is CCOC(=O)Cc1nc(SC)ncc1C#N. The summed E-state index contributed by atoms with van der Waals surface area (Å²) in [6, 6.07) is 1.95. The Kier molecular flexibility index (Phi) is 4.73. The number of thioether (sulfide) groups is 1. The van der Waals surface area contributed by atoms with Gasteiger partial charge in [-0.05, 0) is 13.2 Å². The molecule has 16 heavy (non-hydrogen) atoms. The maximum absolute atomic E-state index is 11.3. The summed E-state index contributed by atoms with van der Waals surface area (Å²) < 4.78 is 4.80. The van der Waals surface area contributed by atoms with Crippen LogP contribution < -0.4 is 0 Å². The Morgan fingerprint density at radius 1 is 1.69 bits per heavy atom. The topological polar surface area (TPSA) is 75.9 Å².